The van der Waals surface area contributed by atoms with Gasteiger partial charge in [0.25, 0.3) is 5.91 Å². The van der Waals surface area contributed by atoms with Crippen molar-refractivity contribution in [3.05, 3.63) is 77.6 Å². The van der Waals surface area contributed by atoms with Crippen LogP contribution < -0.4 is 16.0 Å². The Morgan fingerprint density at radius 2 is 1.88 bits per heavy atom. The van der Waals surface area contributed by atoms with Crippen molar-refractivity contribution in [2.75, 3.05) is 11.9 Å². The summed E-state index contributed by atoms with van der Waals surface area (Å²) in [5.74, 6) is -0.454. The van der Waals surface area contributed by atoms with Crippen LogP contribution in [0.15, 0.2) is 60.9 Å². The molecule has 212 valence electrons. The average Bonchev–Trinajstić information content (AvgIpc) is 3.55. The van der Waals surface area contributed by atoms with Gasteiger partial charge in [0.2, 0.25) is 17.7 Å². The highest BCUT2D eigenvalue weighted by Gasteiger charge is 2.39. The SMILES string of the molecule is C=C1CC(NC(=O)C2CCCN2C(=O)C(C)NC(=O)c2ccc(NC(C)=O)c(C)c2)C(CCc2ccccc2)O1. The minimum Gasteiger partial charge on any atom is -0.493 e. The second-order valence-electron chi connectivity index (χ2n) is 10.6. The van der Waals surface area contributed by atoms with Crippen LogP contribution in [0.25, 0.3) is 0 Å². The Morgan fingerprint density at radius 1 is 1.12 bits per heavy atom. The number of ether oxygens (including phenoxy) is 1. The molecule has 0 radical (unpaired) electrons. The predicted molar refractivity (Wildman–Crippen MR) is 152 cm³/mol. The lowest BCUT2D eigenvalue weighted by Gasteiger charge is -2.29. The van der Waals surface area contributed by atoms with Crippen molar-refractivity contribution in [1.82, 2.24) is 15.5 Å². The maximum atomic E-state index is 13.3. The number of nitrogens with zero attached hydrogens (tertiary/aromatic N) is 1. The van der Waals surface area contributed by atoms with Gasteiger partial charge >= 0.3 is 0 Å². The number of likely N-dealkylation sites (tertiary alicyclic amines) is 1. The molecule has 4 rings (SSSR count). The van der Waals surface area contributed by atoms with E-state index in [1.807, 2.05) is 18.2 Å². The fourth-order valence-corrected chi connectivity index (χ4v) is 5.39. The number of carbonyl (C=O) groups excluding carboxylic acids is 4. The van der Waals surface area contributed by atoms with Crippen molar-refractivity contribution >= 4 is 29.3 Å². The minimum absolute atomic E-state index is 0.180. The lowest BCUT2D eigenvalue weighted by Crippen LogP contribution is -2.54. The lowest BCUT2D eigenvalue weighted by atomic mass is 10.0. The van der Waals surface area contributed by atoms with E-state index in [9.17, 15) is 19.2 Å². The monoisotopic (exact) mass is 546 g/mol. The molecule has 4 unspecified atom stereocenters. The normalized spacial score (nSPS) is 20.9. The highest BCUT2D eigenvalue weighted by Crippen LogP contribution is 2.27. The van der Waals surface area contributed by atoms with Gasteiger partial charge in [-0.3, -0.25) is 19.2 Å². The van der Waals surface area contributed by atoms with Crippen molar-refractivity contribution in [1.29, 1.82) is 0 Å². The van der Waals surface area contributed by atoms with Gasteiger partial charge in [-0.1, -0.05) is 36.9 Å². The Bertz CT molecular complexity index is 1280. The molecule has 0 aliphatic carbocycles. The summed E-state index contributed by atoms with van der Waals surface area (Å²) in [6.07, 6.45) is 3.20. The van der Waals surface area contributed by atoms with E-state index < -0.39 is 18.0 Å². The van der Waals surface area contributed by atoms with Crippen LogP contribution in [0.1, 0.15) is 61.0 Å². The zero-order valence-corrected chi connectivity index (χ0v) is 23.4. The van der Waals surface area contributed by atoms with Crippen LogP contribution in [0.2, 0.25) is 0 Å². The van der Waals surface area contributed by atoms with E-state index >= 15 is 0 Å². The maximum absolute atomic E-state index is 13.3. The first-order valence-corrected chi connectivity index (χ1v) is 13.8. The first-order chi connectivity index (χ1) is 19.1. The van der Waals surface area contributed by atoms with Gasteiger partial charge < -0.3 is 25.6 Å². The Hall–Kier alpha value is -4.14. The van der Waals surface area contributed by atoms with Crippen LogP contribution in [0.5, 0.6) is 0 Å². The van der Waals surface area contributed by atoms with E-state index in [4.69, 9.17) is 4.74 Å². The van der Waals surface area contributed by atoms with Crippen molar-refractivity contribution in [2.24, 2.45) is 0 Å². The molecule has 40 heavy (non-hydrogen) atoms. The third-order valence-electron chi connectivity index (χ3n) is 7.46. The van der Waals surface area contributed by atoms with Gasteiger partial charge in [-0.15, -0.1) is 0 Å². The van der Waals surface area contributed by atoms with Crippen LogP contribution in [0.3, 0.4) is 0 Å². The van der Waals surface area contributed by atoms with Crippen LogP contribution in [-0.4, -0.2) is 59.3 Å². The molecule has 0 saturated carbocycles. The number of carbonyl (C=O) groups is 4. The molecule has 3 N–H and O–H groups in total. The summed E-state index contributed by atoms with van der Waals surface area (Å²) < 4.78 is 5.93. The molecule has 2 aliphatic rings. The second kappa shape index (κ2) is 12.8. The van der Waals surface area contributed by atoms with Gasteiger partial charge in [-0.05, 0) is 68.9 Å². The number of aryl methyl sites for hydroxylation is 2. The molecule has 2 saturated heterocycles. The Balaban J connectivity index is 1.34. The topological polar surface area (TPSA) is 117 Å². The van der Waals surface area contributed by atoms with Crippen LogP contribution >= 0.6 is 0 Å². The number of anilines is 1. The summed E-state index contributed by atoms with van der Waals surface area (Å²) in [6.45, 7) is 9.25. The van der Waals surface area contributed by atoms with Gasteiger partial charge in [-0.25, -0.2) is 0 Å². The number of hydrogen-bond acceptors (Lipinski definition) is 5. The maximum Gasteiger partial charge on any atom is 0.251 e. The lowest BCUT2D eigenvalue weighted by molar-refractivity contribution is -0.140. The molecule has 0 bridgehead atoms. The average molecular weight is 547 g/mol. The van der Waals surface area contributed by atoms with Crippen molar-refractivity contribution in [2.45, 2.75) is 77.1 Å². The summed E-state index contributed by atoms with van der Waals surface area (Å²) >= 11 is 0. The molecule has 2 heterocycles. The Kier molecular flexibility index (Phi) is 9.24. The molecule has 9 nitrogen and oxygen atoms in total. The Labute approximate surface area is 235 Å². The summed E-state index contributed by atoms with van der Waals surface area (Å²) in [5.41, 5.74) is 2.94. The molecule has 4 amide bonds. The van der Waals surface area contributed by atoms with Crippen LogP contribution in [0, 0.1) is 6.92 Å². The van der Waals surface area contributed by atoms with E-state index in [1.165, 1.54) is 12.5 Å². The zero-order valence-electron chi connectivity index (χ0n) is 23.4. The molecule has 0 aromatic heterocycles. The Morgan fingerprint density at radius 3 is 2.58 bits per heavy atom. The molecule has 0 spiro atoms. The van der Waals surface area contributed by atoms with Crippen LogP contribution in [0.4, 0.5) is 5.69 Å². The van der Waals surface area contributed by atoms with Gasteiger partial charge in [0.1, 0.15) is 18.2 Å². The number of hydrogen-bond donors (Lipinski definition) is 3. The van der Waals surface area contributed by atoms with E-state index in [0.29, 0.717) is 42.8 Å². The third kappa shape index (κ3) is 7.08. The predicted octanol–water partition coefficient (Wildman–Crippen LogP) is 3.48. The van der Waals surface area contributed by atoms with Gasteiger partial charge in [0.05, 0.1) is 11.8 Å². The highest BCUT2D eigenvalue weighted by atomic mass is 16.5. The molecular weight excluding hydrogens is 508 g/mol. The van der Waals surface area contributed by atoms with Gasteiger partial charge in [-0.2, -0.15) is 0 Å². The fraction of sp³-hybridized carbons (Fsp3) is 0.419. The van der Waals surface area contributed by atoms with Crippen molar-refractivity contribution in [3.63, 3.8) is 0 Å². The number of nitrogens with one attached hydrogen (secondary N) is 3. The van der Waals surface area contributed by atoms with E-state index in [0.717, 1.165) is 18.4 Å². The molecule has 2 aliphatic heterocycles. The summed E-state index contributed by atoms with van der Waals surface area (Å²) in [4.78, 5) is 52.4. The summed E-state index contributed by atoms with van der Waals surface area (Å²) in [5, 5.41) is 8.59. The van der Waals surface area contributed by atoms with Crippen LogP contribution in [-0.2, 0) is 25.5 Å². The standard InChI is InChI=1S/C31H38N4O5/c1-19-17-24(13-14-25(19)33-22(4)36)29(37)32-21(3)31(39)35-16-8-11-27(35)30(38)34-26-18-20(2)40-28(26)15-12-23-9-6-5-7-10-23/h5-7,9-10,13-14,17,21,26-28H,2,8,11-12,15-16,18H2,1,3-4H3,(H,32,37)(H,33,36)(H,34,38). The first-order valence-electron chi connectivity index (χ1n) is 13.8. The number of benzene rings is 2. The van der Waals surface area contributed by atoms with Gasteiger partial charge in [0, 0.05) is 31.1 Å². The van der Waals surface area contributed by atoms with Crippen molar-refractivity contribution < 1.29 is 23.9 Å². The third-order valence-corrected chi connectivity index (χ3v) is 7.46. The molecular formula is C31H38N4O5. The molecule has 4 atom stereocenters. The largest absolute Gasteiger partial charge is 0.493 e. The molecule has 9 heteroatoms. The highest BCUT2D eigenvalue weighted by molar-refractivity contribution is 5.99. The van der Waals surface area contributed by atoms with E-state index in [1.54, 1.807) is 36.9 Å². The molecule has 2 aromatic rings. The van der Waals surface area contributed by atoms with E-state index in [-0.39, 0.29) is 29.9 Å². The fourth-order valence-electron chi connectivity index (χ4n) is 5.39. The summed E-state index contributed by atoms with van der Waals surface area (Å²) in [6, 6.07) is 13.4. The smallest absolute Gasteiger partial charge is 0.251 e. The number of amides is 4. The minimum atomic E-state index is -0.815. The second-order valence-corrected chi connectivity index (χ2v) is 10.6. The zero-order chi connectivity index (χ0) is 28.8. The summed E-state index contributed by atoms with van der Waals surface area (Å²) in [7, 11) is 0. The van der Waals surface area contributed by atoms with E-state index in [2.05, 4.69) is 34.7 Å². The van der Waals surface area contributed by atoms with Crippen molar-refractivity contribution in [3.8, 4) is 0 Å². The number of rotatable bonds is 9. The quantitative estimate of drug-likeness (QED) is 0.445. The van der Waals surface area contributed by atoms with Gasteiger partial charge in [0.15, 0.2) is 0 Å². The first kappa shape index (κ1) is 28.9. The molecule has 2 aromatic carbocycles. The molecule has 2 fully saturated rings.